The van der Waals surface area contributed by atoms with Crippen LogP contribution < -0.4 is 0 Å². The molecule has 0 spiro atoms. The van der Waals surface area contributed by atoms with E-state index in [0.29, 0.717) is 5.82 Å². The average molecular weight is 588 g/mol. The van der Waals surface area contributed by atoms with Crippen LogP contribution in [0.5, 0.6) is 0 Å². The fourth-order valence-electron chi connectivity index (χ4n) is 7.13. The van der Waals surface area contributed by atoms with E-state index in [1.54, 1.807) is 0 Å². The Kier molecular flexibility index (Phi) is 5.22. The van der Waals surface area contributed by atoms with Crippen LogP contribution in [0.3, 0.4) is 0 Å². The highest BCUT2D eigenvalue weighted by atomic mass is 15.1. The molecule has 4 aromatic heterocycles. The lowest BCUT2D eigenvalue weighted by molar-refractivity contribution is 1.05. The molecule has 46 heavy (non-hydrogen) atoms. The van der Waals surface area contributed by atoms with Gasteiger partial charge in [-0.1, -0.05) is 109 Å². The van der Waals surface area contributed by atoms with Gasteiger partial charge in [-0.05, 0) is 36.4 Å². The van der Waals surface area contributed by atoms with E-state index in [4.69, 9.17) is 15.0 Å². The first-order valence-electron chi connectivity index (χ1n) is 15.5. The summed E-state index contributed by atoms with van der Waals surface area (Å²) in [4.78, 5) is 15.5. The monoisotopic (exact) mass is 587 g/mol. The molecule has 0 bridgehead atoms. The minimum Gasteiger partial charge on any atom is -0.294 e. The van der Waals surface area contributed by atoms with E-state index in [9.17, 15) is 0 Å². The van der Waals surface area contributed by atoms with Gasteiger partial charge in [0.05, 0.1) is 33.3 Å². The Morgan fingerprint density at radius 2 is 1.04 bits per heavy atom. The molecule has 0 aliphatic rings. The molecule has 10 aromatic rings. The average Bonchev–Trinajstić information content (AvgIpc) is 3.69. The number of fused-ring (bicyclic) bond motifs is 12. The zero-order chi connectivity index (χ0) is 30.2. The van der Waals surface area contributed by atoms with Crippen LogP contribution in [0.25, 0.3) is 88.6 Å². The van der Waals surface area contributed by atoms with Gasteiger partial charge in [0.2, 0.25) is 0 Å². The molecular weight excluding hydrogens is 562 g/mol. The Morgan fingerprint density at radius 1 is 0.413 bits per heavy atom. The summed E-state index contributed by atoms with van der Waals surface area (Å²) in [6, 6.07) is 52.9. The van der Waals surface area contributed by atoms with E-state index in [0.717, 1.165) is 61.3 Å². The smallest absolute Gasteiger partial charge is 0.162 e. The molecule has 0 saturated carbocycles. The first-order valence-corrected chi connectivity index (χ1v) is 15.5. The Hall–Kier alpha value is -6.33. The van der Waals surface area contributed by atoms with Crippen LogP contribution in [0.1, 0.15) is 0 Å². The third kappa shape index (κ3) is 3.54. The van der Waals surface area contributed by atoms with Crippen LogP contribution in [0.2, 0.25) is 0 Å². The summed E-state index contributed by atoms with van der Waals surface area (Å²) in [5.41, 5.74) is 9.31. The molecule has 0 aliphatic heterocycles. The molecule has 0 amide bonds. The number of hydrogen-bond acceptors (Lipinski definition) is 3. The molecule has 0 aliphatic carbocycles. The van der Waals surface area contributed by atoms with Crippen LogP contribution in [0.4, 0.5) is 0 Å². The van der Waals surface area contributed by atoms with Crippen molar-refractivity contribution in [2.75, 3.05) is 0 Å². The Bertz CT molecular complexity index is 2740. The number of benzene rings is 6. The molecule has 4 heterocycles. The second-order valence-electron chi connectivity index (χ2n) is 11.7. The summed E-state index contributed by atoms with van der Waals surface area (Å²) in [7, 11) is 0. The summed E-state index contributed by atoms with van der Waals surface area (Å²) in [5.74, 6) is 1.52. The number of imidazole rings is 1. The van der Waals surface area contributed by atoms with Crippen LogP contribution >= 0.6 is 0 Å². The molecule has 5 nitrogen and oxygen atoms in total. The Balaban J connectivity index is 1.37. The number of pyridine rings is 1. The molecular formula is C41H25N5. The van der Waals surface area contributed by atoms with Gasteiger partial charge in [0, 0.05) is 44.1 Å². The maximum atomic E-state index is 5.23. The zero-order valence-corrected chi connectivity index (χ0v) is 24.7. The SMILES string of the molecule is c1ccc(-c2cc(-n3c4ccccc4c4c5c6ccccc6n6c7ccccc7nc6c5ccc43)nc(-c3ccccc3)n2)cc1. The number of para-hydroxylation sites is 4. The van der Waals surface area contributed by atoms with Gasteiger partial charge in [0.25, 0.3) is 0 Å². The van der Waals surface area contributed by atoms with Crippen molar-refractivity contribution in [3.63, 3.8) is 0 Å². The summed E-state index contributed by atoms with van der Waals surface area (Å²) >= 11 is 0. The predicted octanol–water partition coefficient (Wildman–Crippen LogP) is 10.0. The van der Waals surface area contributed by atoms with E-state index in [2.05, 4.69) is 136 Å². The molecule has 214 valence electrons. The van der Waals surface area contributed by atoms with Gasteiger partial charge in [-0.3, -0.25) is 8.97 Å². The van der Waals surface area contributed by atoms with Crippen molar-refractivity contribution in [2.45, 2.75) is 0 Å². The van der Waals surface area contributed by atoms with Gasteiger partial charge in [-0.25, -0.2) is 15.0 Å². The summed E-state index contributed by atoms with van der Waals surface area (Å²) < 4.78 is 4.60. The van der Waals surface area contributed by atoms with Crippen LogP contribution in [-0.2, 0) is 0 Å². The van der Waals surface area contributed by atoms with Crippen LogP contribution in [0.15, 0.2) is 152 Å². The summed E-state index contributed by atoms with van der Waals surface area (Å²) in [6.07, 6.45) is 0. The number of aromatic nitrogens is 5. The molecule has 0 saturated heterocycles. The molecule has 0 radical (unpaired) electrons. The maximum absolute atomic E-state index is 5.23. The fourth-order valence-corrected chi connectivity index (χ4v) is 7.13. The van der Waals surface area contributed by atoms with E-state index < -0.39 is 0 Å². The highest BCUT2D eigenvalue weighted by Crippen LogP contribution is 2.42. The van der Waals surface area contributed by atoms with Gasteiger partial charge in [-0.2, -0.15) is 0 Å². The van der Waals surface area contributed by atoms with Crippen molar-refractivity contribution in [1.82, 2.24) is 23.9 Å². The molecule has 5 heteroatoms. The second-order valence-corrected chi connectivity index (χ2v) is 11.7. The van der Waals surface area contributed by atoms with E-state index in [-0.39, 0.29) is 0 Å². The van der Waals surface area contributed by atoms with E-state index >= 15 is 0 Å². The Morgan fingerprint density at radius 3 is 1.83 bits per heavy atom. The largest absolute Gasteiger partial charge is 0.294 e. The predicted molar refractivity (Wildman–Crippen MR) is 189 cm³/mol. The first kappa shape index (κ1) is 25.0. The first-order chi connectivity index (χ1) is 22.8. The van der Waals surface area contributed by atoms with Crippen molar-refractivity contribution < 1.29 is 0 Å². The molecule has 6 aromatic carbocycles. The third-order valence-electron chi connectivity index (χ3n) is 9.10. The van der Waals surface area contributed by atoms with Crippen molar-refractivity contribution >= 4 is 60.2 Å². The van der Waals surface area contributed by atoms with Crippen molar-refractivity contribution in [3.8, 4) is 28.5 Å². The normalized spacial score (nSPS) is 11.9. The third-order valence-corrected chi connectivity index (χ3v) is 9.10. The summed E-state index contributed by atoms with van der Waals surface area (Å²) in [6.45, 7) is 0. The molecule has 10 rings (SSSR count). The highest BCUT2D eigenvalue weighted by Gasteiger charge is 2.21. The number of hydrogen-bond donors (Lipinski definition) is 0. The van der Waals surface area contributed by atoms with Gasteiger partial charge in [-0.15, -0.1) is 0 Å². The van der Waals surface area contributed by atoms with Gasteiger partial charge in [0.1, 0.15) is 11.5 Å². The fraction of sp³-hybridized carbons (Fsp3) is 0. The summed E-state index contributed by atoms with van der Waals surface area (Å²) in [5, 5.41) is 5.89. The molecule has 0 atom stereocenters. The van der Waals surface area contributed by atoms with Crippen molar-refractivity contribution in [1.29, 1.82) is 0 Å². The van der Waals surface area contributed by atoms with Gasteiger partial charge >= 0.3 is 0 Å². The molecule has 0 N–H and O–H groups in total. The quantitative estimate of drug-likeness (QED) is 0.193. The Labute approximate surface area is 263 Å². The second kappa shape index (κ2) is 9.58. The highest BCUT2D eigenvalue weighted by molar-refractivity contribution is 6.30. The lowest BCUT2D eigenvalue weighted by Crippen LogP contribution is -2.02. The van der Waals surface area contributed by atoms with Crippen LogP contribution in [0, 0.1) is 0 Å². The standard InChI is InChI=1S/C41H25N5/c1-3-13-26(14-4-1)32-25-37(44-40(42-32)27-15-5-2-6-16-27)45-33-20-10-8-18-29(33)39-36(45)24-23-30-38(39)28-17-7-11-21-34(28)46-35-22-12-9-19-31(35)43-41(30)46/h1-25H. The van der Waals surface area contributed by atoms with E-state index in [1.165, 1.54) is 21.5 Å². The molecule has 0 unspecified atom stereocenters. The number of nitrogens with zero attached hydrogens (tertiary/aromatic N) is 5. The van der Waals surface area contributed by atoms with Gasteiger partial charge < -0.3 is 0 Å². The van der Waals surface area contributed by atoms with Crippen molar-refractivity contribution in [3.05, 3.63) is 152 Å². The topological polar surface area (TPSA) is 48.0 Å². The lowest BCUT2D eigenvalue weighted by Gasteiger charge is -2.13. The minimum atomic E-state index is 0.694. The van der Waals surface area contributed by atoms with Gasteiger partial charge in [0.15, 0.2) is 5.82 Å². The maximum Gasteiger partial charge on any atom is 0.162 e. The van der Waals surface area contributed by atoms with Crippen LogP contribution in [-0.4, -0.2) is 23.9 Å². The molecule has 0 fully saturated rings. The zero-order valence-electron chi connectivity index (χ0n) is 24.7. The minimum absolute atomic E-state index is 0.694. The number of rotatable bonds is 3. The lowest BCUT2D eigenvalue weighted by atomic mass is 10.00. The van der Waals surface area contributed by atoms with Crippen molar-refractivity contribution in [2.24, 2.45) is 0 Å². The van der Waals surface area contributed by atoms with E-state index in [1.807, 2.05) is 24.3 Å².